The van der Waals surface area contributed by atoms with Crippen LogP contribution in [0.3, 0.4) is 0 Å². The van der Waals surface area contributed by atoms with Crippen LogP contribution in [0, 0.1) is 5.92 Å². The van der Waals surface area contributed by atoms with E-state index in [2.05, 4.69) is 43.4 Å². The van der Waals surface area contributed by atoms with Gasteiger partial charge in [-0.25, -0.2) is 0 Å². The summed E-state index contributed by atoms with van der Waals surface area (Å²) < 4.78 is 0. The van der Waals surface area contributed by atoms with Gasteiger partial charge in [0.2, 0.25) is 0 Å². The molecule has 1 nitrogen and oxygen atoms in total. The lowest BCUT2D eigenvalue weighted by molar-refractivity contribution is 0.538. The fourth-order valence-corrected chi connectivity index (χ4v) is 1.73. The molecule has 0 saturated carbocycles. The van der Waals surface area contributed by atoms with E-state index in [-0.39, 0.29) is 0 Å². The van der Waals surface area contributed by atoms with Gasteiger partial charge < -0.3 is 5.32 Å². The molecule has 0 fully saturated rings. The summed E-state index contributed by atoms with van der Waals surface area (Å²) in [4.78, 5) is 0. The molecular weight excluding hydrogens is 146 g/mol. The zero-order valence-corrected chi connectivity index (χ0v) is 7.67. The first-order valence-electron chi connectivity index (χ1n) is 4.62. The molecule has 1 N–H and O–H groups in total. The molecule has 1 aliphatic rings. The number of anilines is 1. The second-order valence-corrected chi connectivity index (χ2v) is 3.86. The third kappa shape index (κ3) is 1.20. The SMILES string of the molecule is CC(C)[C@H]1Cc2ccccc2N1. The highest BCUT2D eigenvalue weighted by Gasteiger charge is 2.21. The quantitative estimate of drug-likeness (QED) is 0.667. The van der Waals surface area contributed by atoms with Crippen molar-refractivity contribution in [1.82, 2.24) is 0 Å². The van der Waals surface area contributed by atoms with Crippen molar-refractivity contribution in [3.8, 4) is 0 Å². The highest BCUT2D eigenvalue weighted by atomic mass is 15.0. The van der Waals surface area contributed by atoms with E-state index in [0.29, 0.717) is 6.04 Å². The second-order valence-electron chi connectivity index (χ2n) is 3.86. The second kappa shape index (κ2) is 2.81. The van der Waals surface area contributed by atoms with Crippen molar-refractivity contribution < 1.29 is 0 Å². The fraction of sp³-hybridized carbons (Fsp3) is 0.455. The highest BCUT2D eigenvalue weighted by molar-refractivity contribution is 5.56. The van der Waals surface area contributed by atoms with Crippen LogP contribution in [0.5, 0.6) is 0 Å². The molecule has 0 aromatic heterocycles. The maximum absolute atomic E-state index is 3.53. The number of nitrogens with one attached hydrogen (secondary N) is 1. The van der Waals surface area contributed by atoms with E-state index in [1.54, 1.807) is 0 Å². The summed E-state index contributed by atoms with van der Waals surface area (Å²) in [5.74, 6) is 0.720. The molecule has 1 heteroatoms. The minimum atomic E-state index is 0.641. The molecular formula is C11H15N. The Morgan fingerprint density at radius 3 is 2.75 bits per heavy atom. The van der Waals surface area contributed by atoms with Crippen molar-refractivity contribution >= 4 is 5.69 Å². The van der Waals surface area contributed by atoms with Gasteiger partial charge in [0.25, 0.3) is 0 Å². The van der Waals surface area contributed by atoms with Crippen LogP contribution in [0.15, 0.2) is 24.3 Å². The van der Waals surface area contributed by atoms with Crippen molar-refractivity contribution in [2.75, 3.05) is 5.32 Å². The van der Waals surface area contributed by atoms with Gasteiger partial charge in [-0.1, -0.05) is 32.0 Å². The van der Waals surface area contributed by atoms with Crippen LogP contribution in [-0.2, 0) is 6.42 Å². The van der Waals surface area contributed by atoms with Crippen molar-refractivity contribution in [3.63, 3.8) is 0 Å². The zero-order chi connectivity index (χ0) is 8.55. The van der Waals surface area contributed by atoms with Gasteiger partial charge in [-0.3, -0.25) is 0 Å². The van der Waals surface area contributed by atoms with Crippen LogP contribution < -0.4 is 5.32 Å². The number of hydrogen-bond donors (Lipinski definition) is 1. The van der Waals surface area contributed by atoms with Gasteiger partial charge >= 0.3 is 0 Å². The van der Waals surface area contributed by atoms with E-state index in [1.165, 1.54) is 17.7 Å². The Kier molecular flexibility index (Phi) is 1.80. The average Bonchev–Trinajstić information content (AvgIpc) is 2.46. The van der Waals surface area contributed by atoms with Gasteiger partial charge in [-0.2, -0.15) is 0 Å². The molecule has 0 bridgehead atoms. The van der Waals surface area contributed by atoms with E-state index in [1.807, 2.05) is 0 Å². The zero-order valence-electron chi connectivity index (χ0n) is 7.67. The number of hydrogen-bond acceptors (Lipinski definition) is 1. The van der Waals surface area contributed by atoms with E-state index in [9.17, 15) is 0 Å². The molecule has 64 valence electrons. The molecule has 12 heavy (non-hydrogen) atoms. The van der Waals surface area contributed by atoms with Crippen LogP contribution in [0.2, 0.25) is 0 Å². The Morgan fingerprint density at radius 1 is 1.33 bits per heavy atom. The molecule has 0 spiro atoms. The number of rotatable bonds is 1. The van der Waals surface area contributed by atoms with Crippen molar-refractivity contribution in [2.24, 2.45) is 5.92 Å². The molecule has 0 radical (unpaired) electrons. The summed E-state index contributed by atoms with van der Waals surface area (Å²) in [7, 11) is 0. The predicted octanol–water partition coefficient (Wildman–Crippen LogP) is 2.68. The van der Waals surface area contributed by atoms with Crippen LogP contribution in [0.25, 0.3) is 0 Å². The lowest BCUT2D eigenvalue weighted by Gasteiger charge is -2.14. The van der Waals surface area contributed by atoms with Gasteiger partial charge in [-0.15, -0.1) is 0 Å². The van der Waals surface area contributed by atoms with Crippen molar-refractivity contribution in [2.45, 2.75) is 26.3 Å². The Bertz CT molecular complexity index is 253. The van der Waals surface area contributed by atoms with Crippen LogP contribution in [0.4, 0.5) is 5.69 Å². The first kappa shape index (κ1) is 7.66. The summed E-state index contributed by atoms with van der Waals surface area (Å²) in [6, 6.07) is 9.22. The number of fused-ring (bicyclic) bond motifs is 1. The lowest BCUT2D eigenvalue weighted by Crippen LogP contribution is -2.21. The average molecular weight is 161 g/mol. The molecule has 1 atom stereocenters. The number of para-hydroxylation sites is 1. The highest BCUT2D eigenvalue weighted by Crippen LogP contribution is 2.28. The smallest absolute Gasteiger partial charge is 0.0375 e. The summed E-state index contributed by atoms with van der Waals surface area (Å²) in [5.41, 5.74) is 2.80. The molecule has 1 aliphatic heterocycles. The summed E-state index contributed by atoms with van der Waals surface area (Å²) >= 11 is 0. The first-order chi connectivity index (χ1) is 5.77. The Labute approximate surface area is 73.8 Å². The van der Waals surface area contributed by atoms with Gasteiger partial charge in [0.1, 0.15) is 0 Å². The van der Waals surface area contributed by atoms with Crippen molar-refractivity contribution in [3.05, 3.63) is 29.8 Å². The summed E-state index contributed by atoms with van der Waals surface area (Å²) in [6.45, 7) is 4.53. The van der Waals surface area contributed by atoms with Gasteiger partial charge in [0.05, 0.1) is 0 Å². The first-order valence-corrected chi connectivity index (χ1v) is 4.62. The maximum Gasteiger partial charge on any atom is 0.0375 e. The van der Waals surface area contributed by atoms with Gasteiger partial charge in [0, 0.05) is 11.7 Å². The third-order valence-corrected chi connectivity index (χ3v) is 2.60. The standard InChI is InChI=1S/C11H15N/c1-8(2)11-7-9-5-3-4-6-10(9)12-11/h3-6,8,11-12H,7H2,1-2H3/t11-/m1/s1. The predicted molar refractivity (Wildman–Crippen MR) is 52.4 cm³/mol. The van der Waals surface area contributed by atoms with Crippen LogP contribution in [0.1, 0.15) is 19.4 Å². The van der Waals surface area contributed by atoms with Crippen LogP contribution >= 0.6 is 0 Å². The molecule has 0 saturated heterocycles. The van der Waals surface area contributed by atoms with Crippen molar-refractivity contribution in [1.29, 1.82) is 0 Å². The molecule has 2 rings (SSSR count). The van der Waals surface area contributed by atoms with Gasteiger partial charge in [-0.05, 0) is 24.0 Å². The topological polar surface area (TPSA) is 12.0 Å². The van der Waals surface area contributed by atoms with Crippen LogP contribution in [-0.4, -0.2) is 6.04 Å². The monoisotopic (exact) mass is 161 g/mol. The Hall–Kier alpha value is -0.980. The normalized spacial score (nSPS) is 20.8. The fourth-order valence-electron chi connectivity index (χ4n) is 1.73. The molecule has 1 aromatic carbocycles. The van der Waals surface area contributed by atoms with Gasteiger partial charge in [0.15, 0.2) is 0 Å². The Balaban J connectivity index is 2.22. The third-order valence-electron chi connectivity index (χ3n) is 2.60. The minimum absolute atomic E-state index is 0.641. The van der Waals surface area contributed by atoms with E-state index in [0.717, 1.165) is 5.92 Å². The van der Waals surface area contributed by atoms with E-state index in [4.69, 9.17) is 0 Å². The molecule has 0 aliphatic carbocycles. The largest absolute Gasteiger partial charge is 0.381 e. The summed E-state index contributed by atoms with van der Waals surface area (Å²) in [6.07, 6.45) is 1.19. The molecule has 0 amide bonds. The lowest BCUT2D eigenvalue weighted by atomic mass is 10.0. The van der Waals surface area contributed by atoms with E-state index < -0.39 is 0 Å². The molecule has 1 aromatic rings. The Morgan fingerprint density at radius 2 is 2.08 bits per heavy atom. The maximum atomic E-state index is 3.53. The molecule has 0 unspecified atom stereocenters. The molecule has 1 heterocycles. The van der Waals surface area contributed by atoms with E-state index >= 15 is 0 Å². The summed E-state index contributed by atoms with van der Waals surface area (Å²) in [5, 5.41) is 3.53. The number of benzene rings is 1. The minimum Gasteiger partial charge on any atom is -0.381 e.